The van der Waals surface area contributed by atoms with E-state index in [1.54, 1.807) is 23.1 Å². The molecule has 0 radical (unpaired) electrons. The van der Waals surface area contributed by atoms with Crippen molar-refractivity contribution < 1.29 is 9.53 Å². The molecule has 3 rings (SSSR count). The van der Waals surface area contributed by atoms with E-state index in [9.17, 15) is 4.79 Å². The van der Waals surface area contributed by atoms with Crippen molar-refractivity contribution in [3.8, 4) is 5.75 Å². The van der Waals surface area contributed by atoms with Crippen molar-refractivity contribution in [1.29, 1.82) is 0 Å². The summed E-state index contributed by atoms with van der Waals surface area (Å²) in [6.45, 7) is 6.32. The van der Waals surface area contributed by atoms with Gasteiger partial charge in [-0.15, -0.1) is 6.58 Å². The summed E-state index contributed by atoms with van der Waals surface area (Å²) in [5.74, 6) is 0.596. The number of rotatable bonds is 5. The Kier molecular flexibility index (Phi) is 4.56. The van der Waals surface area contributed by atoms with Crippen LogP contribution in [0.5, 0.6) is 5.75 Å². The number of nitrogen functional groups attached to an aromatic ring is 1. The Bertz CT molecular complexity index is 753. The minimum atomic E-state index is -0.549. The first kappa shape index (κ1) is 16.1. The van der Waals surface area contributed by atoms with Crippen LogP contribution < -0.4 is 15.4 Å². The summed E-state index contributed by atoms with van der Waals surface area (Å²) < 4.78 is 5.96. The van der Waals surface area contributed by atoms with Gasteiger partial charge in [0, 0.05) is 24.7 Å². The smallest absolute Gasteiger partial charge is 0.268 e. The number of carbonyl (C=O) groups excluding carboxylic acids is 1. The predicted molar refractivity (Wildman–Crippen MR) is 97.3 cm³/mol. The molecule has 1 atom stereocenters. The largest absolute Gasteiger partial charge is 0.478 e. The van der Waals surface area contributed by atoms with Gasteiger partial charge in [-0.1, -0.05) is 37.3 Å². The van der Waals surface area contributed by atoms with Gasteiger partial charge in [-0.3, -0.25) is 4.79 Å². The number of hydrogen-bond donors (Lipinski definition) is 1. The lowest BCUT2D eigenvalue weighted by atomic mass is 10.0. The van der Waals surface area contributed by atoms with Gasteiger partial charge < -0.3 is 15.4 Å². The Morgan fingerprint density at radius 2 is 1.92 bits per heavy atom. The second-order valence-corrected chi connectivity index (χ2v) is 5.95. The Morgan fingerprint density at radius 1 is 1.21 bits per heavy atom. The summed E-state index contributed by atoms with van der Waals surface area (Å²) in [5, 5.41) is 0. The maximum atomic E-state index is 12.8. The van der Waals surface area contributed by atoms with E-state index in [0.717, 1.165) is 17.7 Å². The standard InChI is InChI=1S/C20H22N2O2/c1-3-11-22-17-10-9-16(21)13-18(17)24-19(20(22)23)12-15-7-5-14(4-2)6-8-15/h3,5-10,13,19H,1,4,11-12,21H2,2H3. The van der Waals surface area contributed by atoms with Gasteiger partial charge in [0.2, 0.25) is 0 Å². The Balaban J connectivity index is 1.88. The molecule has 2 aromatic rings. The van der Waals surface area contributed by atoms with Crippen LogP contribution in [0.15, 0.2) is 55.1 Å². The number of aryl methyl sites for hydroxylation is 1. The van der Waals surface area contributed by atoms with Crippen molar-refractivity contribution in [1.82, 2.24) is 0 Å². The van der Waals surface area contributed by atoms with Gasteiger partial charge in [0.1, 0.15) is 5.75 Å². The summed E-state index contributed by atoms with van der Waals surface area (Å²) in [6, 6.07) is 13.7. The summed E-state index contributed by atoms with van der Waals surface area (Å²) >= 11 is 0. The normalized spacial score (nSPS) is 16.5. The van der Waals surface area contributed by atoms with E-state index < -0.39 is 6.10 Å². The molecule has 2 N–H and O–H groups in total. The third-order valence-electron chi connectivity index (χ3n) is 4.25. The summed E-state index contributed by atoms with van der Waals surface area (Å²) in [4.78, 5) is 14.5. The third-order valence-corrected chi connectivity index (χ3v) is 4.25. The average molecular weight is 322 g/mol. The first-order valence-electron chi connectivity index (χ1n) is 8.18. The number of ether oxygens (including phenoxy) is 1. The van der Waals surface area contributed by atoms with Crippen LogP contribution in [-0.2, 0) is 17.6 Å². The van der Waals surface area contributed by atoms with E-state index in [0.29, 0.717) is 24.4 Å². The molecule has 0 saturated heterocycles. The Hall–Kier alpha value is -2.75. The molecule has 2 aromatic carbocycles. The SMILES string of the molecule is C=CCN1C(=O)C(Cc2ccc(CC)cc2)Oc2cc(N)ccc21. The van der Waals surface area contributed by atoms with Crippen molar-refractivity contribution in [2.45, 2.75) is 25.9 Å². The molecule has 0 spiro atoms. The fraction of sp³-hybridized carbons (Fsp3) is 0.250. The zero-order valence-corrected chi connectivity index (χ0v) is 13.9. The quantitative estimate of drug-likeness (QED) is 0.678. The maximum absolute atomic E-state index is 12.8. The maximum Gasteiger partial charge on any atom is 0.268 e. The Labute approximate surface area is 142 Å². The molecule has 0 saturated carbocycles. The van der Waals surface area contributed by atoms with Crippen molar-refractivity contribution in [2.75, 3.05) is 17.2 Å². The second kappa shape index (κ2) is 6.79. The highest BCUT2D eigenvalue weighted by Gasteiger charge is 2.33. The second-order valence-electron chi connectivity index (χ2n) is 5.95. The minimum absolute atomic E-state index is 0.0493. The van der Waals surface area contributed by atoms with Gasteiger partial charge in [0.15, 0.2) is 6.10 Å². The highest BCUT2D eigenvalue weighted by atomic mass is 16.5. The molecular formula is C20H22N2O2. The topological polar surface area (TPSA) is 55.6 Å². The molecule has 124 valence electrons. The van der Waals surface area contributed by atoms with Crippen LogP contribution in [0.3, 0.4) is 0 Å². The van der Waals surface area contributed by atoms with Gasteiger partial charge in [0.25, 0.3) is 5.91 Å². The van der Waals surface area contributed by atoms with Crippen molar-refractivity contribution in [2.24, 2.45) is 0 Å². The Morgan fingerprint density at radius 3 is 2.58 bits per heavy atom. The van der Waals surface area contributed by atoms with E-state index in [4.69, 9.17) is 10.5 Å². The van der Waals surface area contributed by atoms with E-state index in [1.165, 1.54) is 5.56 Å². The van der Waals surface area contributed by atoms with E-state index in [1.807, 2.05) is 6.07 Å². The van der Waals surface area contributed by atoms with Gasteiger partial charge in [-0.05, 0) is 29.7 Å². The van der Waals surface area contributed by atoms with Gasteiger partial charge >= 0.3 is 0 Å². The third kappa shape index (κ3) is 3.13. The minimum Gasteiger partial charge on any atom is -0.478 e. The van der Waals surface area contributed by atoms with Crippen LogP contribution >= 0.6 is 0 Å². The molecule has 1 aliphatic heterocycles. The molecule has 1 amide bonds. The zero-order chi connectivity index (χ0) is 17.1. The van der Waals surface area contributed by atoms with E-state index in [2.05, 4.69) is 37.8 Å². The molecule has 0 aromatic heterocycles. The molecule has 0 bridgehead atoms. The number of anilines is 2. The summed E-state index contributed by atoms with van der Waals surface area (Å²) in [5.41, 5.74) is 9.58. The number of amides is 1. The van der Waals surface area contributed by atoms with Gasteiger partial charge in [0.05, 0.1) is 5.69 Å². The molecule has 1 heterocycles. The van der Waals surface area contributed by atoms with Gasteiger partial charge in [-0.25, -0.2) is 0 Å². The highest BCUT2D eigenvalue weighted by molar-refractivity contribution is 6.00. The van der Waals surface area contributed by atoms with Crippen molar-refractivity contribution >= 4 is 17.3 Å². The molecule has 24 heavy (non-hydrogen) atoms. The molecule has 0 fully saturated rings. The zero-order valence-electron chi connectivity index (χ0n) is 13.9. The van der Waals surface area contributed by atoms with Crippen LogP contribution in [0, 0.1) is 0 Å². The number of hydrogen-bond acceptors (Lipinski definition) is 3. The molecule has 1 aliphatic rings. The van der Waals surface area contributed by atoms with Crippen LogP contribution in [-0.4, -0.2) is 18.6 Å². The lowest BCUT2D eigenvalue weighted by Crippen LogP contribution is -2.47. The fourth-order valence-corrected chi connectivity index (χ4v) is 2.92. The van der Waals surface area contributed by atoms with E-state index in [-0.39, 0.29) is 5.91 Å². The van der Waals surface area contributed by atoms with Crippen molar-refractivity contribution in [3.05, 3.63) is 66.2 Å². The van der Waals surface area contributed by atoms with Crippen molar-refractivity contribution in [3.63, 3.8) is 0 Å². The average Bonchev–Trinajstić information content (AvgIpc) is 2.59. The van der Waals surface area contributed by atoms with Crippen LogP contribution in [0.1, 0.15) is 18.1 Å². The molecule has 4 heteroatoms. The number of fused-ring (bicyclic) bond motifs is 1. The highest BCUT2D eigenvalue weighted by Crippen LogP contribution is 2.36. The van der Waals surface area contributed by atoms with Gasteiger partial charge in [-0.2, -0.15) is 0 Å². The first-order chi connectivity index (χ1) is 11.6. The number of carbonyl (C=O) groups is 1. The number of nitrogens with two attached hydrogens (primary N) is 1. The lowest BCUT2D eigenvalue weighted by molar-refractivity contribution is -0.126. The van der Waals surface area contributed by atoms with Crippen LogP contribution in [0.4, 0.5) is 11.4 Å². The predicted octanol–water partition coefficient (Wildman–Crippen LogP) is 3.35. The number of benzene rings is 2. The summed E-state index contributed by atoms with van der Waals surface area (Å²) in [7, 11) is 0. The lowest BCUT2D eigenvalue weighted by Gasteiger charge is -2.34. The number of nitrogens with zero attached hydrogens (tertiary/aromatic N) is 1. The molecule has 0 aliphatic carbocycles. The molecule has 4 nitrogen and oxygen atoms in total. The molecule has 1 unspecified atom stereocenters. The van der Waals surface area contributed by atoms with E-state index >= 15 is 0 Å². The van der Waals surface area contributed by atoms with Crippen LogP contribution in [0.25, 0.3) is 0 Å². The summed E-state index contributed by atoms with van der Waals surface area (Å²) in [6.07, 6.45) is 2.70. The molecular weight excluding hydrogens is 300 g/mol. The fourth-order valence-electron chi connectivity index (χ4n) is 2.92. The first-order valence-corrected chi connectivity index (χ1v) is 8.18. The monoisotopic (exact) mass is 322 g/mol. The van der Waals surface area contributed by atoms with Crippen LogP contribution in [0.2, 0.25) is 0 Å².